The summed E-state index contributed by atoms with van der Waals surface area (Å²) in [7, 11) is 1.55. The van der Waals surface area contributed by atoms with E-state index in [0.717, 1.165) is 25.9 Å². The zero-order chi connectivity index (χ0) is 19.8. The molecule has 1 heterocycles. The van der Waals surface area contributed by atoms with Gasteiger partial charge in [0.15, 0.2) is 0 Å². The van der Waals surface area contributed by atoms with Crippen molar-refractivity contribution in [3.05, 3.63) is 54.1 Å². The van der Waals surface area contributed by atoms with E-state index in [1.54, 1.807) is 31.4 Å². The van der Waals surface area contributed by atoms with E-state index in [2.05, 4.69) is 39.8 Å². The summed E-state index contributed by atoms with van der Waals surface area (Å²) >= 11 is 0. The first kappa shape index (κ1) is 19.7. The molecule has 2 amide bonds. The van der Waals surface area contributed by atoms with Crippen LogP contribution in [0.25, 0.3) is 0 Å². The molecule has 1 saturated heterocycles. The molecule has 0 atom stereocenters. The Morgan fingerprint density at radius 3 is 2.50 bits per heavy atom. The van der Waals surface area contributed by atoms with Crippen molar-refractivity contribution in [3.63, 3.8) is 0 Å². The van der Waals surface area contributed by atoms with E-state index < -0.39 is 11.8 Å². The minimum absolute atomic E-state index is 0.457. The number of aryl methyl sites for hydroxylation is 1. The Morgan fingerprint density at radius 1 is 1.04 bits per heavy atom. The number of nitrogens with zero attached hydrogens (tertiary/aromatic N) is 1. The SMILES string of the molecule is COc1cccc(NC(=O)C(=O)NCCCc2ccc(N3CCCC3)cc2)c1. The summed E-state index contributed by atoms with van der Waals surface area (Å²) in [6.07, 6.45) is 4.18. The maximum Gasteiger partial charge on any atom is 0.313 e. The van der Waals surface area contributed by atoms with Gasteiger partial charge in [-0.15, -0.1) is 0 Å². The summed E-state index contributed by atoms with van der Waals surface area (Å²) in [5.74, 6) is -0.690. The second kappa shape index (κ2) is 9.78. The number of benzene rings is 2. The maximum atomic E-state index is 12.0. The van der Waals surface area contributed by atoms with Crippen LogP contribution in [0.5, 0.6) is 5.75 Å². The molecule has 2 N–H and O–H groups in total. The Kier molecular flexibility index (Phi) is 6.89. The molecule has 1 aliphatic heterocycles. The highest BCUT2D eigenvalue weighted by Crippen LogP contribution is 2.20. The van der Waals surface area contributed by atoms with Crippen molar-refractivity contribution >= 4 is 23.2 Å². The molecule has 6 nitrogen and oxygen atoms in total. The van der Waals surface area contributed by atoms with E-state index in [-0.39, 0.29) is 0 Å². The number of ether oxygens (including phenoxy) is 1. The van der Waals surface area contributed by atoms with Crippen LogP contribution in [0.1, 0.15) is 24.8 Å². The highest BCUT2D eigenvalue weighted by molar-refractivity contribution is 6.39. The van der Waals surface area contributed by atoms with E-state index in [9.17, 15) is 9.59 Å². The lowest BCUT2D eigenvalue weighted by Crippen LogP contribution is -2.36. The van der Waals surface area contributed by atoms with Gasteiger partial charge in [0.25, 0.3) is 0 Å². The van der Waals surface area contributed by atoms with Gasteiger partial charge in [-0.05, 0) is 55.5 Å². The van der Waals surface area contributed by atoms with Crippen LogP contribution < -0.4 is 20.3 Å². The van der Waals surface area contributed by atoms with Gasteiger partial charge in [-0.2, -0.15) is 0 Å². The molecule has 2 aromatic rings. The zero-order valence-electron chi connectivity index (χ0n) is 16.2. The number of anilines is 2. The molecular formula is C22H27N3O3. The highest BCUT2D eigenvalue weighted by atomic mass is 16.5. The molecule has 0 aliphatic carbocycles. The highest BCUT2D eigenvalue weighted by Gasteiger charge is 2.14. The number of methoxy groups -OCH3 is 1. The normalized spacial score (nSPS) is 13.2. The predicted octanol–water partition coefficient (Wildman–Crippen LogP) is 2.98. The first-order valence-corrected chi connectivity index (χ1v) is 9.73. The van der Waals surface area contributed by atoms with E-state index in [1.807, 2.05) is 0 Å². The molecule has 3 rings (SSSR count). The largest absolute Gasteiger partial charge is 0.497 e. The van der Waals surface area contributed by atoms with Gasteiger partial charge in [-0.1, -0.05) is 18.2 Å². The molecule has 0 radical (unpaired) electrons. The Hall–Kier alpha value is -3.02. The van der Waals surface area contributed by atoms with Crippen molar-refractivity contribution in [1.29, 1.82) is 0 Å². The van der Waals surface area contributed by atoms with Crippen LogP contribution in [0.4, 0.5) is 11.4 Å². The Morgan fingerprint density at radius 2 is 1.79 bits per heavy atom. The molecule has 6 heteroatoms. The fourth-order valence-electron chi connectivity index (χ4n) is 3.31. The van der Waals surface area contributed by atoms with Crippen molar-refractivity contribution in [2.75, 3.05) is 37.0 Å². The molecule has 0 saturated carbocycles. The average molecular weight is 381 g/mol. The third-order valence-corrected chi connectivity index (χ3v) is 4.87. The van der Waals surface area contributed by atoms with Crippen LogP contribution in [0.2, 0.25) is 0 Å². The van der Waals surface area contributed by atoms with Crippen LogP contribution in [0.15, 0.2) is 48.5 Å². The first-order chi connectivity index (χ1) is 13.7. The summed E-state index contributed by atoms with van der Waals surface area (Å²) in [4.78, 5) is 26.3. The second-order valence-electron chi connectivity index (χ2n) is 6.91. The first-order valence-electron chi connectivity index (χ1n) is 9.73. The molecule has 0 spiro atoms. The average Bonchev–Trinajstić information content (AvgIpc) is 3.26. The number of amides is 2. The van der Waals surface area contributed by atoms with Crippen LogP contribution in [-0.2, 0) is 16.0 Å². The van der Waals surface area contributed by atoms with Crippen molar-refractivity contribution < 1.29 is 14.3 Å². The lowest BCUT2D eigenvalue weighted by Gasteiger charge is -2.17. The molecular weight excluding hydrogens is 354 g/mol. The molecule has 148 valence electrons. The summed E-state index contributed by atoms with van der Waals surface area (Å²) < 4.78 is 5.10. The van der Waals surface area contributed by atoms with Crippen LogP contribution in [0.3, 0.4) is 0 Å². The number of hydrogen-bond donors (Lipinski definition) is 2. The van der Waals surface area contributed by atoms with Crippen LogP contribution in [-0.4, -0.2) is 38.6 Å². The van der Waals surface area contributed by atoms with E-state index in [1.165, 1.54) is 24.1 Å². The lowest BCUT2D eigenvalue weighted by molar-refractivity contribution is -0.136. The molecule has 2 aromatic carbocycles. The topological polar surface area (TPSA) is 70.7 Å². The summed E-state index contributed by atoms with van der Waals surface area (Å²) in [6, 6.07) is 15.5. The van der Waals surface area contributed by atoms with Crippen molar-refractivity contribution in [3.8, 4) is 5.75 Å². The monoisotopic (exact) mass is 381 g/mol. The Balaban J connectivity index is 1.38. The van der Waals surface area contributed by atoms with Gasteiger partial charge in [0.2, 0.25) is 0 Å². The maximum absolute atomic E-state index is 12.0. The molecule has 0 bridgehead atoms. The fraction of sp³-hybridized carbons (Fsp3) is 0.364. The molecule has 0 unspecified atom stereocenters. The predicted molar refractivity (Wildman–Crippen MR) is 111 cm³/mol. The van der Waals surface area contributed by atoms with Gasteiger partial charge in [0.05, 0.1) is 7.11 Å². The third-order valence-electron chi connectivity index (χ3n) is 4.87. The summed E-state index contributed by atoms with van der Waals surface area (Å²) in [5, 5.41) is 5.24. The summed E-state index contributed by atoms with van der Waals surface area (Å²) in [5.41, 5.74) is 3.04. The smallest absolute Gasteiger partial charge is 0.313 e. The van der Waals surface area contributed by atoms with Crippen molar-refractivity contribution in [2.24, 2.45) is 0 Å². The quantitative estimate of drug-likeness (QED) is 0.571. The summed E-state index contributed by atoms with van der Waals surface area (Å²) in [6.45, 7) is 2.74. The third kappa shape index (κ3) is 5.49. The van der Waals surface area contributed by atoms with Gasteiger partial charge in [-0.25, -0.2) is 0 Å². The van der Waals surface area contributed by atoms with Crippen LogP contribution in [0, 0.1) is 0 Å². The van der Waals surface area contributed by atoms with Crippen LogP contribution >= 0.6 is 0 Å². The number of nitrogens with one attached hydrogen (secondary N) is 2. The van der Waals surface area contributed by atoms with Gasteiger partial charge in [0, 0.05) is 37.1 Å². The van der Waals surface area contributed by atoms with E-state index in [0.29, 0.717) is 18.0 Å². The molecule has 0 aromatic heterocycles. The molecule has 28 heavy (non-hydrogen) atoms. The Labute approximate surface area is 165 Å². The number of hydrogen-bond acceptors (Lipinski definition) is 4. The second-order valence-corrected chi connectivity index (χ2v) is 6.91. The number of rotatable bonds is 7. The lowest BCUT2D eigenvalue weighted by atomic mass is 10.1. The van der Waals surface area contributed by atoms with E-state index >= 15 is 0 Å². The minimum atomic E-state index is -0.678. The number of carbonyl (C=O) groups excluding carboxylic acids is 2. The van der Waals surface area contributed by atoms with Gasteiger partial charge in [0.1, 0.15) is 5.75 Å². The van der Waals surface area contributed by atoms with E-state index in [4.69, 9.17) is 4.74 Å². The zero-order valence-corrected chi connectivity index (χ0v) is 16.2. The number of carbonyl (C=O) groups is 2. The van der Waals surface area contributed by atoms with Gasteiger partial charge >= 0.3 is 11.8 Å². The fourth-order valence-corrected chi connectivity index (χ4v) is 3.31. The molecule has 1 aliphatic rings. The van der Waals surface area contributed by atoms with Gasteiger partial charge < -0.3 is 20.3 Å². The van der Waals surface area contributed by atoms with Crippen molar-refractivity contribution in [1.82, 2.24) is 5.32 Å². The van der Waals surface area contributed by atoms with Crippen molar-refractivity contribution in [2.45, 2.75) is 25.7 Å². The standard InChI is InChI=1S/C22H27N3O3/c1-28-20-8-4-7-18(16-20)24-22(27)21(26)23-13-5-6-17-9-11-19(12-10-17)25-14-2-3-15-25/h4,7-12,16H,2-3,5-6,13-15H2,1H3,(H,23,26)(H,24,27). The minimum Gasteiger partial charge on any atom is -0.497 e. The Bertz CT molecular complexity index is 799. The van der Waals surface area contributed by atoms with Gasteiger partial charge in [-0.3, -0.25) is 9.59 Å². The molecule has 1 fully saturated rings.